The molecular weight excluding hydrogens is 220 g/mol. The van der Waals surface area contributed by atoms with Crippen LogP contribution in [-0.4, -0.2) is 33.5 Å². The van der Waals surface area contributed by atoms with Gasteiger partial charge in [0.05, 0.1) is 26.4 Å². The SMILES string of the molecule is COC[C@H]1CCOC(c2ccc(OC)cc2)O1. The molecule has 4 nitrogen and oxygen atoms in total. The average Bonchev–Trinajstić information content (AvgIpc) is 2.40. The first-order chi connectivity index (χ1) is 8.33. The van der Waals surface area contributed by atoms with Gasteiger partial charge in [0.2, 0.25) is 0 Å². The van der Waals surface area contributed by atoms with Gasteiger partial charge in [-0.3, -0.25) is 0 Å². The second-order valence-electron chi connectivity index (χ2n) is 3.98. The van der Waals surface area contributed by atoms with Gasteiger partial charge in [-0.05, 0) is 18.6 Å². The number of ether oxygens (including phenoxy) is 4. The molecule has 0 aromatic heterocycles. The van der Waals surface area contributed by atoms with Crippen LogP contribution in [0.4, 0.5) is 0 Å². The van der Waals surface area contributed by atoms with Crippen molar-refractivity contribution in [3.05, 3.63) is 29.8 Å². The molecule has 4 heteroatoms. The van der Waals surface area contributed by atoms with E-state index in [1.807, 2.05) is 24.3 Å². The molecule has 2 atom stereocenters. The van der Waals surface area contributed by atoms with Gasteiger partial charge >= 0.3 is 0 Å². The number of hydrogen-bond donors (Lipinski definition) is 0. The topological polar surface area (TPSA) is 36.9 Å². The second-order valence-corrected chi connectivity index (χ2v) is 3.98. The predicted molar refractivity (Wildman–Crippen MR) is 63.1 cm³/mol. The minimum Gasteiger partial charge on any atom is -0.497 e. The highest BCUT2D eigenvalue weighted by molar-refractivity contribution is 5.27. The average molecular weight is 238 g/mol. The summed E-state index contributed by atoms with van der Waals surface area (Å²) >= 11 is 0. The number of benzene rings is 1. The molecule has 0 N–H and O–H groups in total. The molecule has 0 spiro atoms. The van der Waals surface area contributed by atoms with Crippen molar-refractivity contribution < 1.29 is 18.9 Å². The summed E-state index contributed by atoms with van der Waals surface area (Å²) < 4.78 is 21.6. The highest BCUT2D eigenvalue weighted by atomic mass is 16.7. The summed E-state index contributed by atoms with van der Waals surface area (Å²) in [6.45, 7) is 1.31. The van der Waals surface area contributed by atoms with Crippen LogP contribution in [0.15, 0.2) is 24.3 Å². The molecule has 0 saturated carbocycles. The zero-order valence-corrected chi connectivity index (χ0v) is 10.2. The maximum Gasteiger partial charge on any atom is 0.184 e. The Kier molecular flexibility index (Phi) is 4.36. The first-order valence-corrected chi connectivity index (χ1v) is 5.73. The summed E-state index contributed by atoms with van der Waals surface area (Å²) in [6, 6.07) is 7.72. The molecule has 0 aliphatic carbocycles. The lowest BCUT2D eigenvalue weighted by molar-refractivity contribution is -0.225. The van der Waals surface area contributed by atoms with Gasteiger partial charge in [-0.25, -0.2) is 0 Å². The van der Waals surface area contributed by atoms with Crippen LogP contribution >= 0.6 is 0 Å². The second kappa shape index (κ2) is 6.00. The third kappa shape index (κ3) is 3.19. The third-order valence-corrected chi connectivity index (χ3v) is 2.77. The van der Waals surface area contributed by atoms with Crippen molar-refractivity contribution in [1.82, 2.24) is 0 Å². The predicted octanol–water partition coefficient (Wildman–Crippen LogP) is 2.15. The van der Waals surface area contributed by atoms with Crippen molar-refractivity contribution in [1.29, 1.82) is 0 Å². The maximum absolute atomic E-state index is 5.80. The Labute approximate surface area is 101 Å². The van der Waals surface area contributed by atoms with Gasteiger partial charge in [-0.1, -0.05) is 12.1 Å². The van der Waals surface area contributed by atoms with Crippen molar-refractivity contribution >= 4 is 0 Å². The maximum atomic E-state index is 5.80. The van der Waals surface area contributed by atoms with Crippen molar-refractivity contribution in [2.24, 2.45) is 0 Å². The lowest BCUT2D eigenvalue weighted by Gasteiger charge is -2.30. The Morgan fingerprint density at radius 3 is 2.65 bits per heavy atom. The summed E-state index contributed by atoms with van der Waals surface area (Å²) in [5.41, 5.74) is 1.01. The van der Waals surface area contributed by atoms with Gasteiger partial charge in [0.1, 0.15) is 5.75 Å². The summed E-state index contributed by atoms with van der Waals surface area (Å²) in [5, 5.41) is 0. The highest BCUT2D eigenvalue weighted by Crippen LogP contribution is 2.27. The lowest BCUT2D eigenvalue weighted by atomic mass is 10.2. The molecule has 1 saturated heterocycles. The Morgan fingerprint density at radius 2 is 2.00 bits per heavy atom. The van der Waals surface area contributed by atoms with Gasteiger partial charge in [-0.15, -0.1) is 0 Å². The van der Waals surface area contributed by atoms with E-state index in [1.165, 1.54) is 0 Å². The number of hydrogen-bond acceptors (Lipinski definition) is 4. The Morgan fingerprint density at radius 1 is 1.24 bits per heavy atom. The van der Waals surface area contributed by atoms with Crippen molar-refractivity contribution in [3.8, 4) is 5.75 Å². The fourth-order valence-electron chi connectivity index (χ4n) is 1.83. The highest BCUT2D eigenvalue weighted by Gasteiger charge is 2.24. The molecule has 1 aromatic rings. The standard InChI is InChI=1S/C13H18O4/c1-14-9-12-7-8-16-13(17-12)10-3-5-11(15-2)6-4-10/h3-6,12-13H,7-9H2,1-2H3/t12-,13?/m1/s1. The van der Waals surface area contributed by atoms with E-state index in [9.17, 15) is 0 Å². The van der Waals surface area contributed by atoms with Crippen molar-refractivity contribution in [3.63, 3.8) is 0 Å². The normalized spacial score (nSPS) is 24.6. The molecule has 0 radical (unpaired) electrons. The first-order valence-electron chi connectivity index (χ1n) is 5.73. The van der Waals surface area contributed by atoms with E-state index in [4.69, 9.17) is 18.9 Å². The van der Waals surface area contributed by atoms with E-state index >= 15 is 0 Å². The molecule has 94 valence electrons. The third-order valence-electron chi connectivity index (χ3n) is 2.77. The van der Waals surface area contributed by atoms with E-state index in [1.54, 1.807) is 14.2 Å². The number of methoxy groups -OCH3 is 2. The Balaban J connectivity index is 2.00. The molecule has 1 heterocycles. The van der Waals surface area contributed by atoms with Crippen LogP contribution in [0, 0.1) is 0 Å². The zero-order valence-electron chi connectivity index (χ0n) is 10.2. The molecular formula is C13H18O4. The summed E-state index contributed by atoms with van der Waals surface area (Å²) in [7, 11) is 3.33. The quantitative estimate of drug-likeness (QED) is 0.805. The van der Waals surface area contributed by atoms with Gasteiger partial charge in [-0.2, -0.15) is 0 Å². The van der Waals surface area contributed by atoms with E-state index in [-0.39, 0.29) is 12.4 Å². The van der Waals surface area contributed by atoms with Crippen LogP contribution in [-0.2, 0) is 14.2 Å². The van der Waals surface area contributed by atoms with Crippen LogP contribution in [0.5, 0.6) is 5.75 Å². The first kappa shape index (κ1) is 12.4. The molecule has 0 bridgehead atoms. The Bertz CT molecular complexity index is 334. The molecule has 1 aromatic carbocycles. The molecule has 1 aliphatic rings. The molecule has 17 heavy (non-hydrogen) atoms. The van der Waals surface area contributed by atoms with E-state index in [0.29, 0.717) is 13.2 Å². The molecule has 1 unspecified atom stereocenters. The van der Waals surface area contributed by atoms with Crippen molar-refractivity contribution in [2.45, 2.75) is 18.8 Å². The van der Waals surface area contributed by atoms with Crippen LogP contribution in [0.2, 0.25) is 0 Å². The van der Waals surface area contributed by atoms with Gasteiger partial charge in [0.25, 0.3) is 0 Å². The summed E-state index contributed by atoms with van der Waals surface area (Å²) in [6.07, 6.45) is 0.691. The lowest BCUT2D eigenvalue weighted by Crippen LogP contribution is -2.30. The van der Waals surface area contributed by atoms with Crippen LogP contribution in [0.3, 0.4) is 0 Å². The van der Waals surface area contributed by atoms with Crippen LogP contribution < -0.4 is 4.74 Å². The zero-order chi connectivity index (χ0) is 12.1. The van der Waals surface area contributed by atoms with Gasteiger partial charge in [0.15, 0.2) is 6.29 Å². The molecule has 1 aliphatic heterocycles. The van der Waals surface area contributed by atoms with E-state index in [2.05, 4.69) is 0 Å². The monoisotopic (exact) mass is 238 g/mol. The van der Waals surface area contributed by atoms with Crippen LogP contribution in [0.1, 0.15) is 18.3 Å². The summed E-state index contributed by atoms with van der Waals surface area (Å²) in [4.78, 5) is 0. The molecule has 2 rings (SSSR count). The van der Waals surface area contributed by atoms with Crippen LogP contribution in [0.25, 0.3) is 0 Å². The number of rotatable bonds is 4. The smallest absolute Gasteiger partial charge is 0.184 e. The fourth-order valence-corrected chi connectivity index (χ4v) is 1.83. The minimum atomic E-state index is -0.296. The minimum absolute atomic E-state index is 0.112. The van der Waals surface area contributed by atoms with E-state index < -0.39 is 0 Å². The fraction of sp³-hybridized carbons (Fsp3) is 0.538. The van der Waals surface area contributed by atoms with Gasteiger partial charge < -0.3 is 18.9 Å². The van der Waals surface area contributed by atoms with Crippen molar-refractivity contribution in [2.75, 3.05) is 27.4 Å². The molecule has 0 amide bonds. The summed E-state index contributed by atoms with van der Waals surface area (Å²) in [5.74, 6) is 0.831. The van der Waals surface area contributed by atoms with E-state index in [0.717, 1.165) is 17.7 Å². The Hall–Kier alpha value is -1.10. The van der Waals surface area contributed by atoms with Gasteiger partial charge in [0, 0.05) is 12.7 Å². The molecule has 1 fully saturated rings. The largest absolute Gasteiger partial charge is 0.497 e.